The summed E-state index contributed by atoms with van der Waals surface area (Å²) in [5.41, 5.74) is 5.52. The lowest BCUT2D eigenvalue weighted by molar-refractivity contribution is -0.117. The molecule has 1 rings (SSSR count). The number of nitrogens with zero attached hydrogens (tertiary/aromatic N) is 1. The summed E-state index contributed by atoms with van der Waals surface area (Å²) in [6.07, 6.45) is 0.167. The Morgan fingerprint density at radius 1 is 1.82 bits per heavy atom. The lowest BCUT2D eigenvalue weighted by Crippen LogP contribution is -2.13. The quantitative estimate of drug-likeness (QED) is 0.700. The SMILES string of the molecule is N#Cc1ccsc1CC(N)=O. The summed E-state index contributed by atoms with van der Waals surface area (Å²) >= 11 is 1.38. The molecule has 1 aromatic rings. The zero-order valence-electron chi connectivity index (χ0n) is 5.70. The van der Waals surface area contributed by atoms with Crippen LogP contribution in [0, 0.1) is 11.3 Å². The van der Waals surface area contributed by atoms with Gasteiger partial charge in [-0.05, 0) is 11.4 Å². The van der Waals surface area contributed by atoms with E-state index in [0.29, 0.717) is 5.56 Å². The summed E-state index contributed by atoms with van der Waals surface area (Å²) in [6.45, 7) is 0. The molecule has 1 heterocycles. The van der Waals surface area contributed by atoms with Crippen molar-refractivity contribution in [1.29, 1.82) is 5.26 Å². The maximum atomic E-state index is 10.5. The Hall–Kier alpha value is -1.34. The van der Waals surface area contributed by atoms with E-state index in [-0.39, 0.29) is 6.42 Å². The average Bonchev–Trinajstić information content (AvgIpc) is 2.34. The van der Waals surface area contributed by atoms with E-state index in [4.69, 9.17) is 11.0 Å². The maximum Gasteiger partial charge on any atom is 0.222 e. The van der Waals surface area contributed by atoms with Crippen LogP contribution < -0.4 is 5.73 Å². The van der Waals surface area contributed by atoms with Crippen LogP contribution in [0.15, 0.2) is 11.4 Å². The van der Waals surface area contributed by atoms with Gasteiger partial charge in [-0.3, -0.25) is 4.79 Å². The van der Waals surface area contributed by atoms with Crippen LogP contribution in [-0.2, 0) is 11.2 Å². The van der Waals surface area contributed by atoms with Gasteiger partial charge in [-0.25, -0.2) is 0 Å². The number of carbonyl (C=O) groups is 1. The molecule has 0 aromatic carbocycles. The predicted molar refractivity (Wildman–Crippen MR) is 41.9 cm³/mol. The van der Waals surface area contributed by atoms with Gasteiger partial charge in [0.15, 0.2) is 0 Å². The summed E-state index contributed by atoms with van der Waals surface area (Å²) in [5.74, 6) is -0.399. The first kappa shape index (κ1) is 7.76. The Bertz CT molecular complexity index is 310. The predicted octanol–water partition coefficient (Wildman–Crippen LogP) is 0.648. The number of nitriles is 1. The fourth-order valence-electron chi connectivity index (χ4n) is 0.735. The summed E-state index contributed by atoms with van der Waals surface area (Å²) in [7, 11) is 0. The molecule has 0 fully saturated rings. The van der Waals surface area contributed by atoms with E-state index in [1.165, 1.54) is 11.3 Å². The van der Waals surface area contributed by atoms with Crippen LogP contribution >= 0.6 is 11.3 Å². The molecule has 0 radical (unpaired) electrons. The third-order valence-electron chi connectivity index (χ3n) is 1.20. The van der Waals surface area contributed by atoms with E-state index in [9.17, 15) is 4.79 Å². The average molecular weight is 166 g/mol. The number of hydrogen-bond acceptors (Lipinski definition) is 3. The number of hydrogen-bond donors (Lipinski definition) is 1. The van der Waals surface area contributed by atoms with Crippen molar-refractivity contribution >= 4 is 17.2 Å². The van der Waals surface area contributed by atoms with Crippen LogP contribution in [0.1, 0.15) is 10.4 Å². The zero-order valence-corrected chi connectivity index (χ0v) is 6.52. The molecule has 0 atom stereocenters. The first-order chi connectivity index (χ1) is 5.24. The van der Waals surface area contributed by atoms with Gasteiger partial charge in [-0.1, -0.05) is 0 Å². The maximum absolute atomic E-state index is 10.5. The molecule has 0 aliphatic carbocycles. The van der Waals surface area contributed by atoms with Crippen molar-refractivity contribution in [2.24, 2.45) is 5.73 Å². The Labute approximate surface area is 68.1 Å². The first-order valence-electron chi connectivity index (χ1n) is 2.99. The molecule has 11 heavy (non-hydrogen) atoms. The summed E-state index contributed by atoms with van der Waals surface area (Å²) in [4.78, 5) is 11.2. The Morgan fingerprint density at radius 3 is 3.09 bits per heavy atom. The van der Waals surface area contributed by atoms with Crippen LogP contribution in [0.3, 0.4) is 0 Å². The van der Waals surface area contributed by atoms with Gasteiger partial charge in [0, 0.05) is 4.88 Å². The highest BCUT2D eigenvalue weighted by Crippen LogP contribution is 2.15. The van der Waals surface area contributed by atoms with E-state index in [1.807, 2.05) is 6.07 Å². The Balaban J connectivity index is 2.87. The van der Waals surface area contributed by atoms with Crippen molar-refractivity contribution in [3.05, 3.63) is 21.9 Å². The third kappa shape index (κ3) is 1.79. The minimum absolute atomic E-state index is 0.167. The molecular weight excluding hydrogens is 160 g/mol. The summed E-state index contributed by atoms with van der Waals surface area (Å²) < 4.78 is 0. The van der Waals surface area contributed by atoms with Gasteiger partial charge in [0.1, 0.15) is 6.07 Å². The highest BCUT2D eigenvalue weighted by molar-refractivity contribution is 7.10. The molecule has 4 heteroatoms. The van der Waals surface area contributed by atoms with E-state index in [0.717, 1.165) is 4.88 Å². The van der Waals surface area contributed by atoms with Gasteiger partial charge in [0.25, 0.3) is 0 Å². The molecule has 0 aliphatic rings. The lowest BCUT2D eigenvalue weighted by Gasteiger charge is -1.90. The monoisotopic (exact) mass is 166 g/mol. The number of carbonyl (C=O) groups excluding carboxylic acids is 1. The van der Waals surface area contributed by atoms with Gasteiger partial charge in [-0.15, -0.1) is 11.3 Å². The number of amides is 1. The number of primary amides is 1. The van der Waals surface area contributed by atoms with Gasteiger partial charge in [-0.2, -0.15) is 5.26 Å². The molecule has 1 aromatic heterocycles. The van der Waals surface area contributed by atoms with Crippen LogP contribution in [0.2, 0.25) is 0 Å². The first-order valence-corrected chi connectivity index (χ1v) is 3.87. The molecule has 0 saturated carbocycles. The van der Waals surface area contributed by atoms with E-state index in [1.54, 1.807) is 11.4 Å². The van der Waals surface area contributed by atoms with Crippen LogP contribution in [-0.4, -0.2) is 5.91 Å². The molecule has 0 bridgehead atoms. The molecule has 0 saturated heterocycles. The van der Waals surface area contributed by atoms with Crippen molar-refractivity contribution in [3.8, 4) is 6.07 Å². The lowest BCUT2D eigenvalue weighted by atomic mass is 10.2. The van der Waals surface area contributed by atoms with E-state index in [2.05, 4.69) is 0 Å². The topological polar surface area (TPSA) is 66.9 Å². The summed E-state index contributed by atoms with van der Waals surface area (Å²) in [5, 5.41) is 10.3. The second-order valence-corrected chi connectivity index (χ2v) is 3.01. The van der Waals surface area contributed by atoms with Crippen LogP contribution in [0.25, 0.3) is 0 Å². The minimum Gasteiger partial charge on any atom is -0.369 e. The third-order valence-corrected chi connectivity index (χ3v) is 2.12. The highest BCUT2D eigenvalue weighted by atomic mass is 32.1. The Kier molecular flexibility index (Phi) is 2.24. The standard InChI is InChI=1S/C7H6N2OS/c8-4-5-1-2-11-6(5)3-7(9)10/h1-2H,3H2,(H2,9,10). The molecule has 1 amide bonds. The molecule has 0 aliphatic heterocycles. The highest BCUT2D eigenvalue weighted by Gasteiger charge is 2.05. The number of nitrogens with two attached hydrogens (primary N) is 1. The van der Waals surface area contributed by atoms with Gasteiger partial charge in [0.2, 0.25) is 5.91 Å². The van der Waals surface area contributed by atoms with Crippen LogP contribution in [0.5, 0.6) is 0 Å². The fraction of sp³-hybridized carbons (Fsp3) is 0.143. The normalized spacial score (nSPS) is 9.00. The minimum atomic E-state index is -0.399. The molecule has 0 spiro atoms. The molecule has 0 unspecified atom stereocenters. The van der Waals surface area contributed by atoms with Gasteiger partial charge < -0.3 is 5.73 Å². The van der Waals surface area contributed by atoms with Crippen molar-refractivity contribution in [2.75, 3.05) is 0 Å². The van der Waals surface area contributed by atoms with Crippen molar-refractivity contribution < 1.29 is 4.79 Å². The smallest absolute Gasteiger partial charge is 0.222 e. The number of rotatable bonds is 2. The van der Waals surface area contributed by atoms with E-state index < -0.39 is 5.91 Å². The van der Waals surface area contributed by atoms with Gasteiger partial charge in [0.05, 0.1) is 12.0 Å². The molecule has 3 nitrogen and oxygen atoms in total. The zero-order chi connectivity index (χ0) is 8.27. The largest absolute Gasteiger partial charge is 0.369 e. The van der Waals surface area contributed by atoms with E-state index >= 15 is 0 Å². The molecule has 2 N–H and O–H groups in total. The van der Waals surface area contributed by atoms with Crippen molar-refractivity contribution in [2.45, 2.75) is 6.42 Å². The molecular formula is C7H6N2OS. The van der Waals surface area contributed by atoms with Crippen molar-refractivity contribution in [1.82, 2.24) is 0 Å². The summed E-state index contributed by atoms with van der Waals surface area (Å²) in [6, 6.07) is 3.67. The number of thiophene rings is 1. The molecule has 56 valence electrons. The second kappa shape index (κ2) is 3.17. The Morgan fingerprint density at radius 2 is 2.55 bits per heavy atom. The van der Waals surface area contributed by atoms with Crippen LogP contribution in [0.4, 0.5) is 0 Å². The van der Waals surface area contributed by atoms with Crippen molar-refractivity contribution in [3.63, 3.8) is 0 Å². The fourth-order valence-corrected chi connectivity index (χ4v) is 1.57. The second-order valence-electron chi connectivity index (χ2n) is 2.01. The van der Waals surface area contributed by atoms with Gasteiger partial charge >= 0.3 is 0 Å².